The first-order chi connectivity index (χ1) is 7.18. The Morgan fingerprint density at radius 1 is 1.44 bits per heavy atom. The van der Waals surface area contributed by atoms with Crippen molar-refractivity contribution < 1.29 is 9.90 Å². The van der Waals surface area contributed by atoms with E-state index in [-0.39, 0.29) is 29.1 Å². The summed E-state index contributed by atoms with van der Waals surface area (Å²) in [6.07, 6.45) is 1.33. The van der Waals surface area contributed by atoms with E-state index in [1.54, 1.807) is 20.8 Å². The molecule has 0 rings (SSSR count). The lowest BCUT2D eigenvalue weighted by Crippen LogP contribution is -2.36. The molecule has 6 heteroatoms. The van der Waals surface area contributed by atoms with Crippen molar-refractivity contribution in [2.75, 3.05) is 6.61 Å². The van der Waals surface area contributed by atoms with E-state index in [1.807, 2.05) is 0 Å². The van der Waals surface area contributed by atoms with Crippen LogP contribution in [0, 0.1) is 5.41 Å². The minimum atomic E-state index is -0.548. The monoisotopic (exact) mass is 247 g/mol. The van der Waals surface area contributed by atoms with E-state index >= 15 is 0 Å². The van der Waals surface area contributed by atoms with E-state index in [0.29, 0.717) is 0 Å². The van der Waals surface area contributed by atoms with Gasteiger partial charge in [0.25, 0.3) is 0 Å². The zero-order valence-corrected chi connectivity index (χ0v) is 10.4. The van der Waals surface area contributed by atoms with Gasteiger partial charge in [0.15, 0.2) is 0 Å². The molecule has 0 saturated heterocycles. The summed E-state index contributed by atoms with van der Waals surface area (Å²) >= 11 is 5.50. The lowest BCUT2D eigenvalue weighted by atomic mass is 9.96. The summed E-state index contributed by atoms with van der Waals surface area (Å²) in [5, 5.41) is 11.3. The fraction of sp³-hybridized carbons (Fsp3) is 0.500. The van der Waals surface area contributed by atoms with Gasteiger partial charge in [-0.05, 0) is 6.08 Å². The molecule has 0 aliphatic rings. The van der Waals surface area contributed by atoms with Crippen LogP contribution in [-0.4, -0.2) is 17.6 Å². The molecule has 0 saturated carbocycles. The Bertz CT molecular complexity index is 325. The Hall–Kier alpha value is -1.20. The third-order valence-electron chi connectivity index (χ3n) is 1.75. The number of nitrogens with two attached hydrogens (primary N) is 2. The van der Waals surface area contributed by atoms with Crippen LogP contribution in [0.1, 0.15) is 20.8 Å². The van der Waals surface area contributed by atoms with Crippen LogP contribution >= 0.6 is 11.6 Å². The summed E-state index contributed by atoms with van der Waals surface area (Å²) < 4.78 is 0. The Morgan fingerprint density at radius 3 is 2.25 bits per heavy atom. The largest absolute Gasteiger partial charge is 0.392 e. The van der Waals surface area contributed by atoms with Crippen molar-refractivity contribution in [2.24, 2.45) is 16.9 Å². The number of carbonyl (C=O) groups excluding carboxylic acids is 1. The van der Waals surface area contributed by atoms with E-state index in [2.05, 4.69) is 5.32 Å². The number of aliphatic hydroxyl groups is 1. The molecule has 0 atom stereocenters. The molecular formula is C10H18ClN3O2. The van der Waals surface area contributed by atoms with Gasteiger partial charge in [-0.1, -0.05) is 32.4 Å². The summed E-state index contributed by atoms with van der Waals surface area (Å²) in [5.41, 5.74) is 10.5. The molecule has 0 unspecified atom stereocenters. The van der Waals surface area contributed by atoms with Crippen molar-refractivity contribution in [2.45, 2.75) is 20.8 Å². The molecule has 0 aliphatic heterocycles. The normalized spacial score (nSPS) is 14.4. The number of hydrogen-bond donors (Lipinski definition) is 4. The minimum absolute atomic E-state index is 0.0598. The first-order valence-electron chi connectivity index (χ1n) is 4.72. The van der Waals surface area contributed by atoms with E-state index in [4.69, 9.17) is 28.2 Å². The maximum absolute atomic E-state index is 11.5. The van der Waals surface area contributed by atoms with Crippen LogP contribution in [0.15, 0.2) is 22.6 Å². The van der Waals surface area contributed by atoms with Gasteiger partial charge in [-0.25, -0.2) is 0 Å². The number of amides is 1. The average Bonchev–Trinajstić information content (AvgIpc) is 2.11. The molecule has 6 N–H and O–H groups in total. The van der Waals surface area contributed by atoms with Gasteiger partial charge >= 0.3 is 0 Å². The fourth-order valence-electron chi connectivity index (χ4n) is 0.732. The summed E-state index contributed by atoms with van der Waals surface area (Å²) in [7, 11) is 0. The van der Waals surface area contributed by atoms with E-state index in [0.717, 1.165) is 0 Å². The maximum Gasteiger partial charge on any atom is 0.230 e. The van der Waals surface area contributed by atoms with Gasteiger partial charge in [0.1, 0.15) is 11.0 Å². The van der Waals surface area contributed by atoms with Crippen molar-refractivity contribution >= 4 is 17.5 Å². The molecule has 92 valence electrons. The second-order valence-corrected chi connectivity index (χ2v) is 4.74. The molecule has 0 bridgehead atoms. The van der Waals surface area contributed by atoms with Gasteiger partial charge in [0.05, 0.1) is 6.61 Å². The Morgan fingerprint density at radius 2 is 1.94 bits per heavy atom. The standard InChI is InChI=1S/C10H18ClN3O2/c1-10(2,3)9(16)14-7(12)4-6(5-15)8(11)13/h4,15H,5,12-13H2,1-3H3,(H,14,16)/b7-4+,8-6+. The summed E-state index contributed by atoms with van der Waals surface area (Å²) in [4.78, 5) is 11.5. The van der Waals surface area contributed by atoms with E-state index in [9.17, 15) is 4.79 Å². The van der Waals surface area contributed by atoms with Crippen LogP contribution in [0.5, 0.6) is 0 Å². The summed E-state index contributed by atoms with van der Waals surface area (Å²) in [6.45, 7) is 4.93. The first-order valence-corrected chi connectivity index (χ1v) is 5.10. The lowest BCUT2D eigenvalue weighted by Gasteiger charge is -2.17. The smallest absolute Gasteiger partial charge is 0.230 e. The Kier molecular flexibility index (Phi) is 5.33. The van der Waals surface area contributed by atoms with Crippen molar-refractivity contribution in [1.82, 2.24) is 5.32 Å². The molecule has 5 nitrogen and oxygen atoms in total. The van der Waals surface area contributed by atoms with Gasteiger partial charge in [0, 0.05) is 11.0 Å². The van der Waals surface area contributed by atoms with Crippen LogP contribution in [0.4, 0.5) is 0 Å². The topological polar surface area (TPSA) is 101 Å². The van der Waals surface area contributed by atoms with Gasteiger partial charge in [0.2, 0.25) is 5.91 Å². The third kappa shape index (κ3) is 5.04. The molecule has 0 radical (unpaired) electrons. The lowest BCUT2D eigenvalue weighted by molar-refractivity contribution is -0.127. The van der Waals surface area contributed by atoms with Gasteiger partial charge in [-0.15, -0.1) is 0 Å². The SMILES string of the molecule is CC(C)(C)C(=O)N/C(N)=C/C(CO)=C(\N)Cl. The maximum atomic E-state index is 11.5. The fourth-order valence-corrected chi connectivity index (χ4v) is 0.847. The molecule has 0 spiro atoms. The predicted molar refractivity (Wildman–Crippen MR) is 64.0 cm³/mol. The highest BCUT2D eigenvalue weighted by Gasteiger charge is 2.21. The zero-order valence-electron chi connectivity index (χ0n) is 9.67. The minimum Gasteiger partial charge on any atom is -0.392 e. The number of nitrogens with one attached hydrogen (secondary N) is 1. The van der Waals surface area contributed by atoms with Crippen molar-refractivity contribution in [1.29, 1.82) is 0 Å². The highest BCUT2D eigenvalue weighted by atomic mass is 35.5. The van der Waals surface area contributed by atoms with Gasteiger partial charge in [-0.3, -0.25) is 4.79 Å². The van der Waals surface area contributed by atoms with Crippen LogP contribution in [0.3, 0.4) is 0 Å². The van der Waals surface area contributed by atoms with Crippen LogP contribution < -0.4 is 16.8 Å². The van der Waals surface area contributed by atoms with Crippen molar-refractivity contribution in [3.63, 3.8) is 0 Å². The number of carbonyl (C=O) groups is 1. The number of hydrogen-bond acceptors (Lipinski definition) is 4. The summed E-state index contributed by atoms with van der Waals surface area (Å²) in [6, 6.07) is 0. The second kappa shape index (κ2) is 5.77. The van der Waals surface area contributed by atoms with E-state index in [1.165, 1.54) is 6.08 Å². The molecule has 0 aliphatic carbocycles. The van der Waals surface area contributed by atoms with E-state index < -0.39 is 5.41 Å². The van der Waals surface area contributed by atoms with Gasteiger partial charge in [-0.2, -0.15) is 0 Å². The van der Waals surface area contributed by atoms with Crippen LogP contribution in [-0.2, 0) is 4.79 Å². The Labute approximate surface area is 100 Å². The number of halogens is 1. The molecular weight excluding hydrogens is 230 g/mol. The molecule has 0 heterocycles. The highest BCUT2D eigenvalue weighted by molar-refractivity contribution is 6.29. The highest BCUT2D eigenvalue weighted by Crippen LogP contribution is 2.13. The summed E-state index contributed by atoms with van der Waals surface area (Å²) in [5.74, 6) is -0.140. The number of aliphatic hydroxyl groups excluding tert-OH is 1. The van der Waals surface area contributed by atoms with Gasteiger partial charge < -0.3 is 21.9 Å². The third-order valence-corrected chi connectivity index (χ3v) is 1.99. The molecule has 16 heavy (non-hydrogen) atoms. The van der Waals surface area contributed by atoms with Crippen molar-refractivity contribution in [3.05, 3.63) is 22.6 Å². The molecule has 0 aromatic rings. The average molecular weight is 248 g/mol. The first kappa shape index (κ1) is 14.8. The van der Waals surface area contributed by atoms with Crippen LogP contribution in [0.2, 0.25) is 0 Å². The van der Waals surface area contributed by atoms with Crippen LogP contribution in [0.25, 0.3) is 0 Å². The molecule has 0 aromatic heterocycles. The molecule has 1 amide bonds. The Balaban J connectivity index is 4.72. The molecule has 0 aromatic carbocycles. The quantitative estimate of drug-likeness (QED) is 0.427. The zero-order chi connectivity index (χ0) is 12.9. The molecule has 0 fully saturated rings. The number of rotatable bonds is 3. The van der Waals surface area contributed by atoms with Crippen molar-refractivity contribution in [3.8, 4) is 0 Å². The second-order valence-electron chi connectivity index (χ2n) is 4.34. The predicted octanol–water partition coefficient (Wildman–Crippen LogP) is 0.350.